The minimum Gasteiger partial charge on any atom is -0.481 e. The van der Waals surface area contributed by atoms with Crippen LogP contribution in [0.1, 0.15) is 73.1 Å². The van der Waals surface area contributed by atoms with E-state index in [1.165, 1.54) is 19.3 Å². The minimum atomic E-state index is -0.887. The van der Waals surface area contributed by atoms with Gasteiger partial charge < -0.3 is 14.7 Å². The number of likely N-dealkylation sites (tertiary alicyclic amines) is 1. The van der Waals surface area contributed by atoms with Crippen molar-refractivity contribution >= 4 is 11.9 Å². The Morgan fingerprint density at radius 2 is 1.68 bits per heavy atom. The molecule has 1 rings (SSSR count). The molecule has 2 atom stereocenters. The number of ether oxygens (including phenoxy) is 1. The van der Waals surface area contributed by atoms with Crippen LogP contribution in [0.25, 0.3) is 0 Å². The van der Waals surface area contributed by atoms with E-state index in [9.17, 15) is 14.7 Å². The lowest BCUT2D eigenvalue weighted by atomic mass is 9.82. The summed E-state index contributed by atoms with van der Waals surface area (Å²) in [5.41, 5.74) is -0.594. The molecular formula is C20H37NO4. The summed E-state index contributed by atoms with van der Waals surface area (Å²) in [5.74, 6) is -2.25. The Bertz CT molecular complexity index is 422. The molecule has 146 valence electrons. The zero-order valence-electron chi connectivity index (χ0n) is 16.7. The third-order valence-electron chi connectivity index (χ3n) is 4.68. The average molecular weight is 356 g/mol. The number of carbonyl (C=O) groups excluding carboxylic acids is 1. The van der Waals surface area contributed by atoms with Crippen molar-refractivity contribution in [2.24, 2.45) is 17.8 Å². The molecule has 1 aliphatic rings. The third kappa shape index (κ3) is 8.70. The summed E-state index contributed by atoms with van der Waals surface area (Å²) in [4.78, 5) is 26.9. The first-order valence-electron chi connectivity index (χ1n) is 9.78. The lowest BCUT2D eigenvalue weighted by Crippen LogP contribution is -2.37. The summed E-state index contributed by atoms with van der Waals surface area (Å²) < 4.78 is 5.54. The highest BCUT2D eigenvalue weighted by atomic mass is 16.6. The average Bonchev–Trinajstić information content (AvgIpc) is 2.48. The molecule has 1 aliphatic heterocycles. The van der Waals surface area contributed by atoms with Gasteiger partial charge in [-0.25, -0.2) is 0 Å². The first kappa shape index (κ1) is 21.9. The van der Waals surface area contributed by atoms with Gasteiger partial charge in [-0.15, -0.1) is 0 Å². The standard InChI is InChI=1S/C20H37NO4/c1-15(2)14-17(18(22)23)16(19(24)25-20(3,4)5)10-9-13-21-11-7-6-8-12-21/h15-17H,6-14H2,1-5H3,(H,22,23). The Morgan fingerprint density at radius 1 is 1.08 bits per heavy atom. The number of carboxylic acid groups (broad SMARTS) is 1. The van der Waals surface area contributed by atoms with Crippen molar-refractivity contribution in [3.05, 3.63) is 0 Å². The van der Waals surface area contributed by atoms with Crippen LogP contribution in [0.2, 0.25) is 0 Å². The van der Waals surface area contributed by atoms with Crippen molar-refractivity contribution in [1.82, 2.24) is 4.90 Å². The van der Waals surface area contributed by atoms with E-state index in [0.717, 1.165) is 26.1 Å². The smallest absolute Gasteiger partial charge is 0.310 e. The molecule has 5 heteroatoms. The van der Waals surface area contributed by atoms with E-state index in [1.807, 2.05) is 34.6 Å². The largest absolute Gasteiger partial charge is 0.481 e. The first-order valence-corrected chi connectivity index (χ1v) is 9.78. The molecule has 1 fully saturated rings. The van der Waals surface area contributed by atoms with E-state index in [2.05, 4.69) is 4.90 Å². The number of hydrogen-bond acceptors (Lipinski definition) is 4. The van der Waals surface area contributed by atoms with E-state index in [1.54, 1.807) is 0 Å². The molecule has 1 saturated heterocycles. The van der Waals surface area contributed by atoms with Crippen LogP contribution >= 0.6 is 0 Å². The van der Waals surface area contributed by atoms with Crippen LogP contribution in [0.3, 0.4) is 0 Å². The van der Waals surface area contributed by atoms with Crippen LogP contribution in [0, 0.1) is 17.8 Å². The van der Waals surface area contributed by atoms with Crippen molar-refractivity contribution in [1.29, 1.82) is 0 Å². The molecule has 5 nitrogen and oxygen atoms in total. The molecule has 2 unspecified atom stereocenters. The van der Waals surface area contributed by atoms with E-state index < -0.39 is 23.4 Å². The maximum atomic E-state index is 12.7. The summed E-state index contributed by atoms with van der Waals surface area (Å²) in [6, 6.07) is 0. The van der Waals surface area contributed by atoms with Crippen molar-refractivity contribution in [3.8, 4) is 0 Å². The summed E-state index contributed by atoms with van der Waals surface area (Å²) >= 11 is 0. The Morgan fingerprint density at radius 3 is 2.16 bits per heavy atom. The monoisotopic (exact) mass is 355 g/mol. The SMILES string of the molecule is CC(C)CC(C(=O)O)C(CCCN1CCCCC1)C(=O)OC(C)(C)C. The molecule has 0 radical (unpaired) electrons. The molecule has 25 heavy (non-hydrogen) atoms. The topological polar surface area (TPSA) is 66.8 Å². The fraction of sp³-hybridized carbons (Fsp3) is 0.900. The van der Waals surface area contributed by atoms with Crippen molar-refractivity contribution in [2.45, 2.75) is 78.7 Å². The van der Waals surface area contributed by atoms with Gasteiger partial charge in [0, 0.05) is 0 Å². The molecule has 0 aromatic heterocycles. The van der Waals surface area contributed by atoms with Gasteiger partial charge >= 0.3 is 11.9 Å². The molecule has 0 amide bonds. The molecule has 1 N–H and O–H groups in total. The number of nitrogens with zero attached hydrogens (tertiary/aromatic N) is 1. The predicted octanol–water partition coefficient (Wildman–Crippen LogP) is 3.96. The molecule has 0 bridgehead atoms. The fourth-order valence-electron chi connectivity index (χ4n) is 3.52. The molecule has 0 spiro atoms. The van der Waals surface area contributed by atoms with Crippen molar-refractivity contribution < 1.29 is 19.4 Å². The van der Waals surface area contributed by atoms with Gasteiger partial charge in [0.15, 0.2) is 0 Å². The van der Waals surface area contributed by atoms with Gasteiger partial charge in [0.1, 0.15) is 5.60 Å². The Kier molecular flexibility index (Phi) is 8.91. The second-order valence-corrected chi connectivity index (χ2v) is 8.76. The maximum Gasteiger partial charge on any atom is 0.310 e. The maximum absolute atomic E-state index is 12.7. The van der Waals surface area contributed by atoms with Crippen molar-refractivity contribution in [2.75, 3.05) is 19.6 Å². The molecule has 0 saturated carbocycles. The Balaban J connectivity index is 2.74. The van der Waals surface area contributed by atoms with Gasteiger partial charge in [0.2, 0.25) is 0 Å². The zero-order valence-corrected chi connectivity index (χ0v) is 16.7. The van der Waals surface area contributed by atoms with Gasteiger partial charge in [0.25, 0.3) is 0 Å². The van der Waals surface area contributed by atoms with Crippen LogP contribution in [0.4, 0.5) is 0 Å². The lowest BCUT2D eigenvalue weighted by molar-refractivity contribution is -0.167. The van der Waals surface area contributed by atoms with Gasteiger partial charge in [-0.05, 0) is 78.4 Å². The number of rotatable bonds is 9. The predicted molar refractivity (Wildman–Crippen MR) is 99.4 cm³/mol. The quantitative estimate of drug-likeness (QED) is 0.634. The third-order valence-corrected chi connectivity index (χ3v) is 4.68. The molecular weight excluding hydrogens is 318 g/mol. The lowest BCUT2D eigenvalue weighted by Gasteiger charge is -2.30. The van der Waals surface area contributed by atoms with Gasteiger partial charge in [-0.3, -0.25) is 9.59 Å². The highest BCUT2D eigenvalue weighted by Gasteiger charge is 2.36. The molecule has 1 heterocycles. The first-order chi connectivity index (χ1) is 11.6. The van der Waals surface area contributed by atoms with Crippen LogP contribution in [0.15, 0.2) is 0 Å². The number of carboxylic acids is 1. The zero-order chi connectivity index (χ0) is 19.0. The number of piperidine rings is 1. The van der Waals surface area contributed by atoms with Gasteiger partial charge in [0.05, 0.1) is 11.8 Å². The van der Waals surface area contributed by atoms with Crippen molar-refractivity contribution in [3.63, 3.8) is 0 Å². The molecule has 0 aromatic carbocycles. The van der Waals surface area contributed by atoms with Crippen LogP contribution in [-0.4, -0.2) is 47.2 Å². The fourth-order valence-corrected chi connectivity index (χ4v) is 3.52. The Hall–Kier alpha value is -1.10. The van der Waals surface area contributed by atoms with Crippen LogP contribution in [-0.2, 0) is 14.3 Å². The second kappa shape index (κ2) is 10.1. The van der Waals surface area contributed by atoms with Gasteiger partial charge in [-0.1, -0.05) is 20.3 Å². The number of aliphatic carboxylic acids is 1. The highest BCUT2D eigenvalue weighted by molar-refractivity contribution is 5.81. The summed E-state index contributed by atoms with van der Waals surface area (Å²) in [5, 5.41) is 9.67. The second-order valence-electron chi connectivity index (χ2n) is 8.76. The summed E-state index contributed by atoms with van der Waals surface area (Å²) in [6.45, 7) is 12.6. The molecule has 0 aliphatic carbocycles. The molecule has 0 aromatic rings. The van der Waals surface area contributed by atoms with Crippen LogP contribution < -0.4 is 0 Å². The number of hydrogen-bond donors (Lipinski definition) is 1. The van der Waals surface area contributed by atoms with E-state index in [0.29, 0.717) is 12.8 Å². The summed E-state index contributed by atoms with van der Waals surface area (Å²) in [7, 11) is 0. The Labute approximate surface area is 153 Å². The van der Waals surface area contributed by atoms with E-state index in [4.69, 9.17) is 4.74 Å². The van der Waals surface area contributed by atoms with Crippen LogP contribution in [0.5, 0.6) is 0 Å². The minimum absolute atomic E-state index is 0.230. The normalized spacial score (nSPS) is 18.8. The van der Waals surface area contributed by atoms with E-state index >= 15 is 0 Å². The van der Waals surface area contributed by atoms with Gasteiger partial charge in [-0.2, -0.15) is 0 Å². The summed E-state index contributed by atoms with van der Waals surface area (Å²) in [6.07, 6.45) is 5.69. The number of carbonyl (C=O) groups is 2. The number of esters is 1. The van der Waals surface area contributed by atoms with E-state index in [-0.39, 0.29) is 11.9 Å². The highest BCUT2D eigenvalue weighted by Crippen LogP contribution is 2.28.